The van der Waals surface area contributed by atoms with Crippen LogP contribution in [0.5, 0.6) is 0 Å². The van der Waals surface area contributed by atoms with Gasteiger partial charge in [-0.1, -0.05) is 25.0 Å². The smallest absolute Gasteiger partial charge is 0.407 e. The second kappa shape index (κ2) is 16.9. The number of ketones is 1. The van der Waals surface area contributed by atoms with Gasteiger partial charge in [0.05, 0.1) is 15.9 Å². The zero-order valence-electron chi connectivity index (χ0n) is 28.7. The number of thiophene rings is 1. The van der Waals surface area contributed by atoms with Gasteiger partial charge < -0.3 is 24.8 Å². The van der Waals surface area contributed by atoms with Crippen LogP contribution in [0, 0.1) is 18.8 Å². The number of rotatable bonds is 15. The number of aromatic nitrogens is 1. The molecule has 2 aromatic heterocycles. The van der Waals surface area contributed by atoms with Gasteiger partial charge in [-0.3, -0.25) is 14.4 Å². The molecule has 0 aliphatic heterocycles. The SMILES string of the molecule is CCN(C(=O)Cn1c(C(=O)CC2CCC(C(=O)NCCCCCCNC(=O)OC(C)(C)C)CC2)cc2sccc21)c1cccc(C)c1. The molecule has 10 heteroatoms. The molecule has 9 nitrogen and oxygen atoms in total. The lowest BCUT2D eigenvalue weighted by Gasteiger charge is -2.27. The Morgan fingerprint density at radius 1 is 0.957 bits per heavy atom. The summed E-state index contributed by atoms with van der Waals surface area (Å²) in [6.45, 7) is 11.4. The summed E-state index contributed by atoms with van der Waals surface area (Å²) in [4.78, 5) is 53.5. The van der Waals surface area contributed by atoms with Crippen LogP contribution in [-0.4, -0.2) is 53.5 Å². The van der Waals surface area contributed by atoms with E-state index in [9.17, 15) is 19.2 Å². The van der Waals surface area contributed by atoms with E-state index in [1.165, 1.54) is 0 Å². The number of nitrogens with zero attached hydrogens (tertiary/aromatic N) is 2. The number of hydrogen-bond acceptors (Lipinski definition) is 6. The summed E-state index contributed by atoms with van der Waals surface area (Å²) in [6.07, 6.45) is 7.05. The molecule has 0 spiro atoms. The number of aryl methyl sites for hydroxylation is 1. The highest BCUT2D eigenvalue weighted by Crippen LogP contribution is 2.33. The third-order valence-corrected chi connectivity index (χ3v) is 9.65. The van der Waals surface area contributed by atoms with Crippen molar-refractivity contribution < 1.29 is 23.9 Å². The number of carbonyl (C=O) groups excluding carboxylic acids is 4. The lowest BCUT2D eigenvalue weighted by Crippen LogP contribution is -2.35. The van der Waals surface area contributed by atoms with Crippen LogP contribution < -0.4 is 15.5 Å². The first-order chi connectivity index (χ1) is 22.4. The Morgan fingerprint density at radius 3 is 2.32 bits per heavy atom. The second-order valence-electron chi connectivity index (χ2n) is 13.7. The number of nitrogens with one attached hydrogen (secondary N) is 2. The fraction of sp³-hybridized carbons (Fsp3) is 0.568. The summed E-state index contributed by atoms with van der Waals surface area (Å²) >= 11 is 1.58. The number of anilines is 1. The number of fused-ring (bicyclic) bond motifs is 1. The van der Waals surface area contributed by atoms with E-state index in [1.807, 2.05) is 81.0 Å². The standard InChI is InChI=1S/C37H52N4O5S/c1-6-40(29-13-11-12-26(2)22-29)34(43)25-41-30-18-21-47-33(30)24-31(41)32(42)23-27-14-16-28(17-15-27)35(44)38-19-9-7-8-10-20-39-36(45)46-37(3,4)5/h11-13,18,21-22,24,27-28H,6-10,14-17,19-20,23,25H2,1-5H3,(H,38,44)(H,39,45). The average molecular weight is 665 g/mol. The van der Waals surface area contributed by atoms with Gasteiger partial charge in [0.15, 0.2) is 5.78 Å². The third kappa shape index (κ3) is 10.7. The molecule has 4 rings (SSSR count). The first-order valence-electron chi connectivity index (χ1n) is 17.2. The molecular weight excluding hydrogens is 612 g/mol. The van der Waals surface area contributed by atoms with E-state index in [-0.39, 0.29) is 42.1 Å². The van der Waals surface area contributed by atoms with Crippen molar-refractivity contribution in [1.82, 2.24) is 15.2 Å². The lowest BCUT2D eigenvalue weighted by molar-refractivity contribution is -0.126. The molecule has 1 aliphatic rings. The summed E-state index contributed by atoms with van der Waals surface area (Å²) in [6, 6.07) is 11.9. The average Bonchev–Trinajstić information content (AvgIpc) is 3.61. The van der Waals surface area contributed by atoms with Crippen molar-refractivity contribution in [3.05, 3.63) is 53.0 Å². The van der Waals surface area contributed by atoms with Gasteiger partial charge in [0.1, 0.15) is 12.1 Å². The Labute approximate surface area is 283 Å². The number of amides is 3. The highest BCUT2D eigenvalue weighted by atomic mass is 32.1. The van der Waals surface area contributed by atoms with Gasteiger partial charge in [-0.2, -0.15) is 0 Å². The van der Waals surface area contributed by atoms with Crippen molar-refractivity contribution in [2.75, 3.05) is 24.5 Å². The van der Waals surface area contributed by atoms with Gasteiger partial charge >= 0.3 is 6.09 Å². The number of ether oxygens (including phenoxy) is 1. The molecule has 1 fully saturated rings. The van der Waals surface area contributed by atoms with E-state index >= 15 is 0 Å². The summed E-state index contributed by atoms with van der Waals surface area (Å²) in [5.74, 6) is 0.361. The number of carbonyl (C=O) groups is 4. The van der Waals surface area contributed by atoms with E-state index in [0.717, 1.165) is 72.8 Å². The maximum atomic E-state index is 13.7. The van der Waals surface area contributed by atoms with Gasteiger partial charge in [-0.25, -0.2) is 4.79 Å². The molecule has 3 amide bonds. The van der Waals surface area contributed by atoms with E-state index < -0.39 is 5.60 Å². The third-order valence-electron chi connectivity index (χ3n) is 8.80. The van der Waals surface area contributed by atoms with E-state index in [1.54, 1.807) is 16.2 Å². The highest BCUT2D eigenvalue weighted by molar-refractivity contribution is 7.17. The van der Waals surface area contributed by atoms with E-state index in [4.69, 9.17) is 4.74 Å². The van der Waals surface area contributed by atoms with Crippen molar-refractivity contribution in [2.24, 2.45) is 11.8 Å². The summed E-state index contributed by atoms with van der Waals surface area (Å²) < 4.78 is 8.14. The topological polar surface area (TPSA) is 110 Å². The van der Waals surface area contributed by atoms with Crippen LogP contribution in [-0.2, 0) is 20.9 Å². The van der Waals surface area contributed by atoms with Crippen molar-refractivity contribution >= 4 is 50.9 Å². The monoisotopic (exact) mass is 664 g/mol. The Morgan fingerprint density at radius 2 is 1.66 bits per heavy atom. The predicted octanol–water partition coefficient (Wildman–Crippen LogP) is 7.64. The van der Waals surface area contributed by atoms with Crippen molar-refractivity contribution in [3.8, 4) is 0 Å². The van der Waals surface area contributed by atoms with Gasteiger partial charge in [-0.05, 0) is 114 Å². The number of unbranched alkanes of at least 4 members (excludes halogenated alkanes) is 3. The normalized spacial score (nSPS) is 16.5. The fourth-order valence-electron chi connectivity index (χ4n) is 6.36. The molecule has 0 saturated heterocycles. The Hall–Kier alpha value is -3.66. The molecule has 1 aromatic carbocycles. The number of likely N-dealkylation sites (N-methyl/N-ethyl adjacent to an activating group) is 1. The zero-order valence-corrected chi connectivity index (χ0v) is 29.5. The maximum Gasteiger partial charge on any atom is 0.407 e. The molecule has 256 valence electrons. The number of hydrogen-bond donors (Lipinski definition) is 2. The number of benzene rings is 1. The first-order valence-corrected chi connectivity index (χ1v) is 18.0. The van der Waals surface area contributed by atoms with Crippen LogP contribution >= 0.6 is 11.3 Å². The molecule has 47 heavy (non-hydrogen) atoms. The van der Waals surface area contributed by atoms with Crippen LogP contribution in [0.15, 0.2) is 41.8 Å². The lowest BCUT2D eigenvalue weighted by atomic mass is 9.79. The van der Waals surface area contributed by atoms with Crippen LogP contribution in [0.25, 0.3) is 10.2 Å². The quantitative estimate of drug-likeness (QED) is 0.128. The van der Waals surface area contributed by atoms with Gasteiger partial charge in [0.25, 0.3) is 0 Å². The van der Waals surface area contributed by atoms with Crippen LogP contribution in [0.1, 0.15) is 102 Å². The highest BCUT2D eigenvalue weighted by Gasteiger charge is 2.29. The molecule has 3 aromatic rings. The van der Waals surface area contributed by atoms with Crippen LogP contribution in [0.3, 0.4) is 0 Å². The molecule has 2 N–H and O–H groups in total. The number of alkyl carbamates (subject to hydrolysis) is 1. The van der Waals surface area contributed by atoms with Crippen LogP contribution in [0.4, 0.5) is 10.5 Å². The largest absolute Gasteiger partial charge is 0.444 e. The van der Waals surface area contributed by atoms with Crippen molar-refractivity contribution in [3.63, 3.8) is 0 Å². The minimum atomic E-state index is -0.494. The molecule has 0 radical (unpaired) electrons. The second-order valence-corrected chi connectivity index (χ2v) is 14.7. The summed E-state index contributed by atoms with van der Waals surface area (Å²) in [5.41, 5.74) is 2.98. The Kier molecular flexibility index (Phi) is 13.0. The minimum Gasteiger partial charge on any atom is -0.444 e. The zero-order chi connectivity index (χ0) is 34.0. The predicted molar refractivity (Wildman–Crippen MR) is 189 cm³/mol. The number of Topliss-reactive ketones (excluding diaryl/α,β-unsaturated/α-hetero) is 1. The van der Waals surface area contributed by atoms with E-state index in [2.05, 4.69) is 10.6 Å². The summed E-state index contributed by atoms with van der Waals surface area (Å²) in [5, 5.41) is 7.87. The van der Waals surface area contributed by atoms with Gasteiger partial charge in [-0.15, -0.1) is 11.3 Å². The fourth-order valence-corrected chi connectivity index (χ4v) is 7.18. The molecule has 1 aliphatic carbocycles. The molecule has 2 heterocycles. The molecule has 0 unspecified atom stereocenters. The molecule has 0 atom stereocenters. The first kappa shape index (κ1) is 36.2. The van der Waals surface area contributed by atoms with Crippen LogP contribution in [0.2, 0.25) is 0 Å². The van der Waals surface area contributed by atoms with Gasteiger partial charge in [0.2, 0.25) is 11.8 Å². The minimum absolute atomic E-state index is 0.00662. The Balaban J connectivity index is 1.20. The van der Waals surface area contributed by atoms with Crippen molar-refractivity contribution in [2.45, 2.75) is 105 Å². The van der Waals surface area contributed by atoms with E-state index in [0.29, 0.717) is 31.7 Å². The molecule has 1 saturated carbocycles. The van der Waals surface area contributed by atoms with Gasteiger partial charge in [0, 0.05) is 37.7 Å². The summed E-state index contributed by atoms with van der Waals surface area (Å²) in [7, 11) is 0. The van der Waals surface area contributed by atoms with Crippen molar-refractivity contribution in [1.29, 1.82) is 0 Å². The maximum absolute atomic E-state index is 13.7. The molecular formula is C37H52N4O5S. The molecule has 0 bridgehead atoms. The Bertz CT molecular complexity index is 1510.